The normalized spacial score (nSPS) is 44.4. The number of aliphatic imine (C=N–C) groups is 1. The van der Waals surface area contributed by atoms with Crippen molar-refractivity contribution in [3.63, 3.8) is 0 Å². The van der Waals surface area contributed by atoms with Crippen molar-refractivity contribution < 1.29 is 54.9 Å². The van der Waals surface area contributed by atoms with Crippen molar-refractivity contribution in [3.05, 3.63) is 46.9 Å². The largest absolute Gasteiger partial charge is 0.465 e. The molecule has 2 heterocycles. The van der Waals surface area contributed by atoms with Crippen LogP contribution in [0.2, 0.25) is 0 Å². The van der Waals surface area contributed by atoms with Crippen molar-refractivity contribution in [2.75, 3.05) is 19.7 Å². The SMILES string of the molecule is CC(=O)CNC1=C2C(CCC3(CCN=C(N)N)C4C(CC#CC(C5COC(=O)C5c5cc[nH]c5)CC5C6CC(C)CCC6=CCC5C(C(O)O)CC(O)C4(C)O)CC23O)C2(C3CCCC3)CC(O)C(O)CC2C1=O. The summed E-state index contributed by atoms with van der Waals surface area (Å²) in [5, 5.41) is 90.6. The fourth-order valence-electron chi connectivity index (χ4n) is 18.5. The van der Waals surface area contributed by atoms with E-state index in [2.05, 4.69) is 40.1 Å². The van der Waals surface area contributed by atoms with Crippen LogP contribution in [0.5, 0.6) is 0 Å². The second-order valence-corrected chi connectivity index (χ2v) is 25.2. The minimum atomic E-state index is -2.01. The Morgan fingerprint density at radius 1 is 0.986 bits per heavy atom. The van der Waals surface area contributed by atoms with E-state index in [0.29, 0.717) is 37.2 Å². The lowest BCUT2D eigenvalue weighted by Gasteiger charge is -2.64. The zero-order valence-electron chi connectivity index (χ0n) is 43.6. The Bertz CT molecular complexity index is 2450. The molecule has 1 aromatic heterocycles. The van der Waals surface area contributed by atoms with Gasteiger partial charge < -0.3 is 62.3 Å². The molecule has 1 aromatic rings. The summed E-state index contributed by atoms with van der Waals surface area (Å²) in [6.07, 6.45) is 8.81. The Kier molecular flexibility index (Phi) is 14.7. The molecule has 406 valence electrons. The third-order valence-corrected chi connectivity index (χ3v) is 21.5. The quantitative estimate of drug-likeness (QED) is 0.0397. The van der Waals surface area contributed by atoms with Gasteiger partial charge >= 0.3 is 5.97 Å². The molecule has 74 heavy (non-hydrogen) atoms. The Hall–Kier alpha value is -4.08. The van der Waals surface area contributed by atoms with Crippen LogP contribution in [0.25, 0.3) is 0 Å². The fourth-order valence-corrected chi connectivity index (χ4v) is 18.5. The number of ether oxygens (including phenoxy) is 1. The number of aliphatic hydroxyl groups is 7. The maximum Gasteiger partial charge on any atom is 0.313 e. The van der Waals surface area contributed by atoms with E-state index >= 15 is 4.79 Å². The summed E-state index contributed by atoms with van der Waals surface area (Å²) < 4.78 is 5.89. The minimum Gasteiger partial charge on any atom is -0.465 e. The number of aliphatic hydroxyl groups excluding tert-OH is 4. The summed E-state index contributed by atoms with van der Waals surface area (Å²) in [5.74, 6) is 1.48. The molecule has 0 radical (unpaired) electrons. The van der Waals surface area contributed by atoms with Crippen molar-refractivity contribution in [2.24, 2.45) is 98.3 Å². The number of esters is 1. The number of aromatic amines is 1. The number of carbonyl (C=O) groups excluding carboxylic acids is 3. The molecular formula is C58H83N5O11. The lowest BCUT2D eigenvalue weighted by molar-refractivity contribution is -0.202. The number of guanidine groups is 1. The Balaban J connectivity index is 1.17. The molecule has 0 aromatic carbocycles. The highest BCUT2D eigenvalue weighted by atomic mass is 16.5. The van der Waals surface area contributed by atoms with Crippen LogP contribution >= 0.6 is 0 Å². The first-order valence-electron chi connectivity index (χ1n) is 28.1. The number of hydrogen-bond acceptors (Lipinski definition) is 13. The van der Waals surface area contributed by atoms with Crippen LogP contribution in [0.1, 0.15) is 141 Å². The van der Waals surface area contributed by atoms with Crippen LogP contribution in [-0.2, 0) is 19.1 Å². The predicted molar refractivity (Wildman–Crippen MR) is 274 cm³/mol. The molecule has 19 unspecified atom stereocenters. The number of carbonyl (C=O) groups is 3. The third kappa shape index (κ3) is 8.80. The predicted octanol–water partition coefficient (Wildman–Crippen LogP) is 3.86. The number of aromatic nitrogens is 1. The molecule has 6 fully saturated rings. The molecule has 19 atom stereocenters. The Morgan fingerprint density at radius 3 is 2.46 bits per heavy atom. The van der Waals surface area contributed by atoms with E-state index < -0.39 is 88.1 Å². The molecular weight excluding hydrogens is 943 g/mol. The van der Waals surface area contributed by atoms with Crippen LogP contribution in [0, 0.1) is 93.7 Å². The number of H-pyrrole nitrogens is 1. The van der Waals surface area contributed by atoms with E-state index in [9.17, 15) is 45.3 Å². The standard InChI is InChI=1S/C58H83N5O11/c1-30-11-12-32-13-14-37-39(38(32)21-30)22-33(41-29-74-53(71)47(41)35-16-19-61-28-35)7-6-8-34-25-58(73)48-42(15-17-56(58,18-20-62-54(59)60)51(34)55(3,72)46(67)23-40(37)52(69)70)57(36-9-4-5-10-36)26-45(66)44(65)24-43(57)50(68)49(48)63-27-31(2)64/h13,16,19,28,30,33-34,36-47,51-52,61,63,65-67,69-70,72-73H,4-5,8-12,14-15,17-18,20-27,29H2,1-3H3,(H4,59,60,62). The van der Waals surface area contributed by atoms with E-state index in [0.717, 1.165) is 50.5 Å². The Labute approximate surface area is 435 Å². The zero-order chi connectivity index (χ0) is 52.6. The maximum absolute atomic E-state index is 15.6. The van der Waals surface area contributed by atoms with Gasteiger partial charge in [0.25, 0.3) is 0 Å². The number of nitrogens with two attached hydrogens (primary N) is 2. The minimum absolute atomic E-state index is 0.00417. The number of rotatable bonds is 10. The number of fused-ring (bicyclic) bond motifs is 10. The zero-order valence-corrected chi connectivity index (χ0v) is 43.6. The molecule has 0 bridgehead atoms. The third-order valence-electron chi connectivity index (χ3n) is 21.5. The number of hydrogen-bond donors (Lipinski definition) is 11. The molecule has 13 N–H and O–H groups in total. The summed E-state index contributed by atoms with van der Waals surface area (Å²) >= 11 is 0. The van der Waals surface area contributed by atoms with Gasteiger partial charge in [-0.05, 0) is 168 Å². The van der Waals surface area contributed by atoms with E-state index in [-0.39, 0.29) is 117 Å². The van der Waals surface area contributed by atoms with E-state index in [1.807, 2.05) is 12.3 Å². The summed E-state index contributed by atoms with van der Waals surface area (Å²) in [7, 11) is 0. The number of ketones is 2. The van der Waals surface area contributed by atoms with Crippen molar-refractivity contribution >= 4 is 23.5 Å². The first-order chi connectivity index (χ1) is 35.2. The average Bonchev–Trinajstić information content (AvgIpc) is 4.26. The molecule has 9 aliphatic rings. The average molecular weight is 1030 g/mol. The van der Waals surface area contributed by atoms with Crippen LogP contribution in [0.15, 0.2) is 46.4 Å². The highest BCUT2D eigenvalue weighted by Crippen LogP contribution is 2.74. The lowest BCUT2D eigenvalue weighted by Crippen LogP contribution is -2.67. The fraction of sp³-hybridized carbons (Fsp3) is 0.759. The molecule has 1 saturated heterocycles. The van der Waals surface area contributed by atoms with Gasteiger partial charge in [-0.2, -0.15) is 0 Å². The van der Waals surface area contributed by atoms with Crippen molar-refractivity contribution in [1.82, 2.24) is 10.3 Å². The van der Waals surface area contributed by atoms with Gasteiger partial charge in [0.05, 0.1) is 54.3 Å². The van der Waals surface area contributed by atoms with Crippen LogP contribution in [-0.4, -0.2) is 120 Å². The van der Waals surface area contributed by atoms with Gasteiger partial charge in [-0.25, -0.2) is 0 Å². The van der Waals surface area contributed by atoms with Gasteiger partial charge in [0.15, 0.2) is 18.0 Å². The van der Waals surface area contributed by atoms with Gasteiger partial charge in [0.1, 0.15) is 5.78 Å². The first-order valence-corrected chi connectivity index (χ1v) is 28.1. The molecule has 1 aliphatic heterocycles. The molecule has 10 rings (SSSR count). The first kappa shape index (κ1) is 53.3. The van der Waals surface area contributed by atoms with E-state index in [1.165, 1.54) is 12.5 Å². The van der Waals surface area contributed by atoms with E-state index in [4.69, 9.17) is 16.2 Å². The molecule has 8 aliphatic carbocycles. The van der Waals surface area contributed by atoms with Crippen molar-refractivity contribution in [1.29, 1.82) is 0 Å². The van der Waals surface area contributed by atoms with Gasteiger partial charge in [-0.3, -0.25) is 19.4 Å². The molecule has 0 amide bonds. The summed E-state index contributed by atoms with van der Waals surface area (Å²) in [6, 6.07) is 1.89. The molecule has 5 saturated carbocycles. The highest BCUT2D eigenvalue weighted by Gasteiger charge is 2.75. The van der Waals surface area contributed by atoms with Gasteiger partial charge in [-0.1, -0.05) is 37.3 Å². The summed E-state index contributed by atoms with van der Waals surface area (Å²) in [4.78, 5) is 49.9. The van der Waals surface area contributed by atoms with Crippen LogP contribution < -0.4 is 16.8 Å². The summed E-state index contributed by atoms with van der Waals surface area (Å²) in [5.41, 5.74) is 8.69. The number of nitrogens with zero attached hydrogens (tertiary/aromatic N) is 1. The van der Waals surface area contributed by atoms with E-state index in [1.54, 1.807) is 13.1 Å². The lowest BCUT2D eigenvalue weighted by atomic mass is 9.41. The molecule has 16 heteroatoms. The molecule has 16 nitrogen and oxygen atoms in total. The van der Waals surface area contributed by atoms with Crippen molar-refractivity contribution in [3.8, 4) is 11.8 Å². The number of cyclic esters (lactones) is 1. The topological polar surface area (TPSA) is 294 Å². The number of allylic oxidation sites excluding steroid dienone is 3. The highest BCUT2D eigenvalue weighted by molar-refractivity contribution is 6.00. The van der Waals surface area contributed by atoms with Crippen LogP contribution in [0.4, 0.5) is 0 Å². The van der Waals surface area contributed by atoms with Crippen molar-refractivity contribution in [2.45, 2.75) is 172 Å². The Morgan fingerprint density at radius 2 is 1.76 bits per heavy atom. The second-order valence-electron chi connectivity index (χ2n) is 25.2. The number of nitrogens with one attached hydrogen (secondary N) is 2. The smallest absolute Gasteiger partial charge is 0.313 e. The van der Waals surface area contributed by atoms with Crippen LogP contribution in [0.3, 0.4) is 0 Å². The second kappa shape index (κ2) is 20.4. The van der Waals surface area contributed by atoms with Gasteiger partial charge in [0.2, 0.25) is 0 Å². The maximum atomic E-state index is 15.6. The summed E-state index contributed by atoms with van der Waals surface area (Å²) in [6.45, 7) is 5.27. The molecule has 0 spiro atoms. The van der Waals surface area contributed by atoms with Gasteiger partial charge in [0, 0.05) is 60.4 Å². The number of Topliss-reactive ketones (excluding diaryl/α,β-unsaturated/α-hetero) is 2. The monoisotopic (exact) mass is 1030 g/mol. The van der Waals surface area contributed by atoms with Gasteiger partial charge in [-0.15, -0.1) is 5.92 Å².